The lowest BCUT2D eigenvalue weighted by atomic mass is 10.1. The van der Waals surface area contributed by atoms with Crippen molar-refractivity contribution in [3.05, 3.63) is 0 Å². The molecule has 3 nitrogen and oxygen atoms in total. The van der Waals surface area contributed by atoms with Crippen LogP contribution in [0.2, 0.25) is 0 Å². The molecule has 2 N–H and O–H groups in total. The van der Waals surface area contributed by atoms with E-state index < -0.39 is 12.3 Å². The molecule has 13 heavy (non-hydrogen) atoms. The lowest BCUT2D eigenvalue weighted by Crippen LogP contribution is -2.33. The van der Waals surface area contributed by atoms with E-state index in [-0.39, 0.29) is 0 Å². The molecule has 1 fully saturated rings. The largest absolute Gasteiger partial charge is 0.351 e. The van der Waals surface area contributed by atoms with Crippen molar-refractivity contribution in [1.29, 1.82) is 0 Å². The Kier molecular flexibility index (Phi) is 4.08. The van der Waals surface area contributed by atoms with E-state index >= 15 is 0 Å². The average molecular weight is 192 g/mol. The number of carbonyl (C=O) groups excluding carboxylic acids is 1. The van der Waals surface area contributed by atoms with Crippen molar-refractivity contribution in [2.24, 2.45) is 0 Å². The molecule has 1 aliphatic rings. The molecule has 1 unspecified atom stereocenters. The molecule has 1 rings (SSSR count). The molecule has 1 heterocycles. The Balaban J connectivity index is 2.03. The first-order valence-corrected chi connectivity index (χ1v) is 4.49. The highest BCUT2D eigenvalue weighted by atomic mass is 19.3. The van der Waals surface area contributed by atoms with E-state index in [0.717, 1.165) is 25.8 Å². The summed E-state index contributed by atoms with van der Waals surface area (Å²) in [5.74, 6) is -1.17. The highest BCUT2D eigenvalue weighted by Gasteiger charge is 2.16. The van der Waals surface area contributed by atoms with Gasteiger partial charge in [-0.2, -0.15) is 8.78 Å². The summed E-state index contributed by atoms with van der Waals surface area (Å²) in [5.41, 5.74) is 0. The molecule has 76 valence electrons. The summed E-state index contributed by atoms with van der Waals surface area (Å²) in [7, 11) is 0. The van der Waals surface area contributed by atoms with E-state index in [4.69, 9.17) is 0 Å². The molecule has 0 aliphatic carbocycles. The van der Waals surface area contributed by atoms with Crippen LogP contribution in [0.4, 0.5) is 8.78 Å². The van der Waals surface area contributed by atoms with Gasteiger partial charge in [0, 0.05) is 12.6 Å². The number of hydrogen-bond donors (Lipinski definition) is 2. The minimum atomic E-state index is -2.89. The lowest BCUT2D eigenvalue weighted by Gasteiger charge is -2.10. The van der Waals surface area contributed by atoms with Gasteiger partial charge in [-0.1, -0.05) is 0 Å². The smallest absolute Gasteiger partial charge is 0.315 e. The predicted octanol–water partition coefficient (Wildman–Crippen LogP) is 0.510. The maximum atomic E-state index is 11.7. The molecule has 1 saturated heterocycles. The van der Waals surface area contributed by atoms with E-state index in [2.05, 4.69) is 10.6 Å². The van der Waals surface area contributed by atoms with Crippen LogP contribution >= 0.6 is 0 Å². The minimum Gasteiger partial charge on any atom is -0.351 e. The molecule has 1 atom stereocenters. The van der Waals surface area contributed by atoms with Crippen molar-refractivity contribution in [3.63, 3.8) is 0 Å². The Labute approximate surface area is 75.9 Å². The lowest BCUT2D eigenvalue weighted by molar-refractivity contribution is -0.131. The summed E-state index contributed by atoms with van der Waals surface area (Å²) in [6.07, 6.45) is 0.0488. The molecule has 0 bridgehead atoms. The van der Waals surface area contributed by atoms with Gasteiger partial charge >= 0.3 is 6.43 Å². The van der Waals surface area contributed by atoms with Crippen molar-refractivity contribution >= 4 is 5.91 Å². The third-order valence-corrected chi connectivity index (χ3v) is 2.15. The standard InChI is InChI=1S/C8H14F2N2O/c9-7(10)8(13)12-5-3-6-2-1-4-11-6/h6-7,11H,1-5H2,(H,12,13). The molecule has 5 heteroatoms. The van der Waals surface area contributed by atoms with E-state index in [0.29, 0.717) is 12.6 Å². The first-order chi connectivity index (χ1) is 6.20. The second-order valence-corrected chi connectivity index (χ2v) is 3.17. The number of alkyl halides is 2. The van der Waals surface area contributed by atoms with Gasteiger partial charge in [0.25, 0.3) is 5.91 Å². The summed E-state index contributed by atoms with van der Waals surface area (Å²) in [6, 6.07) is 0.387. The first-order valence-electron chi connectivity index (χ1n) is 4.49. The molecule has 0 aromatic heterocycles. The topological polar surface area (TPSA) is 41.1 Å². The van der Waals surface area contributed by atoms with Gasteiger partial charge in [-0.3, -0.25) is 4.79 Å². The minimum absolute atomic E-state index is 0.334. The predicted molar refractivity (Wildman–Crippen MR) is 44.7 cm³/mol. The third kappa shape index (κ3) is 3.67. The first kappa shape index (κ1) is 10.4. The van der Waals surface area contributed by atoms with Gasteiger partial charge in [0.1, 0.15) is 0 Å². The van der Waals surface area contributed by atoms with Gasteiger partial charge < -0.3 is 10.6 Å². The van der Waals surface area contributed by atoms with Crippen LogP contribution in [-0.4, -0.2) is 31.5 Å². The summed E-state index contributed by atoms with van der Waals surface area (Å²) in [6.45, 7) is 1.33. The van der Waals surface area contributed by atoms with Crippen molar-refractivity contribution in [3.8, 4) is 0 Å². The van der Waals surface area contributed by atoms with E-state index in [9.17, 15) is 13.6 Å². The normalized spacial score (nSPS) is 22.2. The Morgan fingerprint density at radius 1 is 1.62 bits per heavy atom. The second-order valence-electron chi connectivity index (χ2n) is 3.17. The van der Waals surface area contributed by atoms with E-state index in [1.807, 2.05) is 0 Å². The maximum Gasteiger partial charge on any atom is 0.315 e. The van der Waals surface area contributed by atoms with Crippen LogP contribution in [0.1, 0.15) is 19.3 Å². The quantitative estimate of drug-likeness (QED) is 0.681. The molecule has 0 spiro atoms. The zero-order valence-corrected chi connectivity index (χ0v) is 7.35. The molecule has 0 radical (unpaired) electrons. The summed E-state index contributed by atoms with van der Waals surface area (Å²) in [4.78, 5) is 10.4. The summed E-state index contributed by atoms with van der Waals surface area (Å²) >= 11 is 0. The number of hydrogen-bond acceptors (Lipinski definition) is 2. The number of halogens is 2. The van der Waals surface area contributed by atoms with Gasteiger partial charge in [0.05, 0.1) is 0 Å². The van der Waals surface area contributed by atoms with Crippen LogP contribution in [0.15, 0.2) is 0 Å². The van der Waals surface area contributed by atoms with Crippen molar-refractivity contribution in [1.82, 2.24) is 10.6 Å². The van der Waals surface area contributed by atoms with Gasteiger partial charge in [0.15, 0.2) is 0 Å². The third-order valence-electron chi connectivity index (χ3n) is 2.15. The van der Waals surface area contributed by atoms with Crippen LogP contribution in [-0.2, 0) is 4.79 Å². The number of rotatable bonds is 4. The van der Waals surface area contributed by atoms with Crippen molar-refractivity contribution in [2.45, 2.75) is 31.7 Å². The van der Waals surface area contributed by atoms with Crippen molar-refractivity contribution in [2.75, 3.05) is 13.1 Å². The number of nitrogens with one attached hydrogen (secondary N) is 2. The zero-order valence-electron chi connectivity index (χ0n) is 7.35. The van der Waals surface area contributed by atoms with Gasteiger partial charge in [-0.15, -0.1) is 0 Å². The monoisotopic (exact) mass is 192 g/mol. The van der Waals surface area contributed by atoms with E-state index in [1.54, 1.807) is 0 Å². The molecule has 1 aliphatic heterocycles. The van der Waals surface area contributed by atoms with E-state index in [1.165, 1.54) is 0 Å². The second kappa shape index (κ2) is 5.11. The Hall–Kier alpha value is -0.710. The fraction of sp³-hybridized carbons (Fsp3) is 0.875. The molecular formula is C8H14F2N2O. The zero-order chi connectivity index (χ0) is 9.68. The fourth-order valence-electron chi connectivity index (χ4n) is 1.45. The van der Waals surface area contributed by atoms with Gasteiger partial charge in [-0.05, 0) is 25.8 Å². The molecule has 0 saturated carbocycles. The Bertz CT molecular complexity index is 170. The van der Waals surface area contributed by atoms with Gasteiger partial charge in [-0.25, -0.2) is 0 Å². The van der Waals surface area contributed by atoms with Crippen LogP contribution in [0.3, 0.4) is 0 Å². The highest BCUT2D eigenvalue weighted by molar-refractivity contribution is 5.78. The fourth-order valence-corrected chi connectivity index (χ4v) is 1.45. The van der Waals surface area contributed by atoms with Crippen LogP contribution in [0, 0.1) is 0 Å². The highest BCUT2D eigenvalue weighted by Crippen LogP contribution is 2.07. The SMILES string of the molecule is O=C(NCCC1CCCN1)C(F)F. The molecule has 1 amide bonds. The molecule has 0 aromatic rings. The number of amides is 1. The average Bonchev–Trinajstić information content (AvgIpc) is 2.56. The molecule has 0 aromatic carbocycles. The Morgan fingerprint density at radius 3 is 2.92 bits per heavy atom. The van der Waals surface area contributed by atoms with Crippen LogP contribution in [0.5, 0.6) is 0 Å². The van der Waals surface area contributed by atoms with Crippen LogP contribution < -0.4 is 10.6 Å². The molecular weight excluding hydrogens is 178 g/mol. The summed E-state index contributed by atoms with van der Waals surface area (Å²) < 4.78 is 23.4. The Morgan fingerprint density at radius 2 is 2.38 bits per heavy atom. The summed E-state index contributed by atoms with van der Waals surface area (Å²) in [5, 5.41) is 5.40. The number of carbonyl (C=O) groups is 1. The van der Waals surface area contributed by atoms with Crippen molar-refractivity contribution < 1.29 is 13.6 Å². The maximum absolute atomic E-state index is 11.7. The van der Waals surface area contributed by atoms with Gasteiger partial charge in [0.2, 0.25) is 0 Å². The van der Waals surface area contributed by atoms with Crippen LogP contribution in [0.25, 0.3) is 0 Å².